The van der Waals surface area contributed by atoms with Crippen LogP contribution in [0.2, 0.25) is 0 Å². The van der Waals surface area contributed by atoms with Crippen LogP contribution in [-0.4, -0.2) is 25.1 Å². The molecule has 1 N–H and O–H groups in total. The molecule has 0 aliphatic carbocycles. The van der Waals surface area contributed by atoms with Gasteiger partial charge in [-0.3, -0.25) is 4.79 Å². The largest absolute Gasteiger partial charge is 0.481 e. The lowest BCUT2D eigenvalue weighted by Gasteiger charge is -2.32. The van der Waals surface area contributed by atoms with Crippen LogP contribution in [0.1, 0.15) is 61.9 Å². The maximum atomic E-state index is 12.7. The van der Waals surface area contributed by atoms with Crippen molar-refractivity contribution in [3.05, 3.63) is 58.7 Å². The van der Waals surface area contributed by atoms with Gasteiger partial charge in [0.1, 0.15) is 5.75 Å². The Kier molecular flexibility index (Phi) is 7.06. The molecule has 0 radical (unpaired) electrons. The van der Waals surface area contributed by atoms with E-state index in [0.717, 1.165) is 41.4 Å². The molecule has 0 bridgehead atoms. The van der Waals surface area contributed by atoms with Gasteiger partial charge in [-0.1, -0.05) is 25.1 Å². The lowest BCUT2D eigenvalue weighted by atomic mass is 9.98. The molecule has 1 amide bonds. The molecule has 2 aromatic carbocycles. The topological polar surface area (TPSA) is 41.6 Å². The lowest BCUT2D eigenvalue weighted by molar-refractivity contribution is -0.127. The Hall–Kier alpha value is -2.49. The summed E-state index contributed by atoms with van der Waals surface area (Å²) in [6.45, 7) is 14.5. The molecule has 3 rings (SSSR count). The van der Waals surface area contributed by atoms with E-state index in [2.05, 4.69) is 54.4 Å². The molecule has 30 heavy (non-hydrogen) atoms. The second-order valence-corrected chi connectivity index (χ2v) is 8.96. The summed E-state index contributed by atoms with van der Waals surface area (Å²) in [4.78, 5) is 15.2. The number of aryl methyl sites for hydroxylation is 2. The number of hydrogen-bond donors (Lipinski definition) is 1. The van der Waals surface area contributed by atoms with E-state index in [-0.39, 0.29) is 11.9 Å². The van der Waals surface area contributed by atoms with Crippen molar-refractivity contribution in [2.45, 2.75) is 66.5 Å². The Morgan fingerprint density at radius 1 is 1.07 bits per heavy atom. The van der Waals surface area contributed by atoms with E-state index >= 15 is 0 Å². The van der Waals surface area contributed by atoms with Crippen molar-refractivity contribution in [3.63, 3.8) is 0 Å². The first-order valence-electron chi connectivity index (χ1n) is 11.1. The van der Waals surface area contributed by atoms with Crippen LogP contribution in [0, 0.1) is 26.7 Å². The fraction of sp³-hybridized carbons (Fsp3) is 0.500. The minimum Gasteiger partial charge on any atom is -0.481 e. The van der Waals surface area contributed by atoms with Gasteiger partial charge in [-0.25, -0.2) is 0 Å². The first kappa shape index (κ1) is 22.2. The summed E-state index contributed by atoms with van der Waals surface area (Å²) in [6.07, 6.45) is 1.96. The highest BCUT2D eigenvalue weighted by Gasteiger charge is 2.20. The third-order valence-corrected chi connectivity index (χ3v) is 6.34. The lowest BCUT2D eigenvalue weighted by Crippen LogP contribution is -2.38. The highest BCUT2D eigenvalue weighted by molar-refractivity contribution is 5.81. The molecular formula is C26H36N2O2. The van der Waals surface area contributed by atoms with Crippen LogP contribution in [0.3, 0.4) is 0 Å². The highest BCUT2D eigenvalue weighted by atomic mass is 16.5. The Morgan fingerprint density at radius 2 is 1.70 bits per heavy atom. The zero-order valence-electron chi connectivity index (χ0n) is 19.3. The first-order chi connectivity index (χ1) is 14.2. The predicted molar refractivity (Wildman–Crippen MR) is 124 cm³/mol. The molecule has 0 spiro atoms. The third-order valence-electron chi connectivity index (χ3n) is 6.34. The minimum atomic E-state index is -0.554. The number of benzene rings is 2. The SMILES string of the molecule is Cc1cc(C)c(C)c(O[C@@H](C)C(=O)N[C@@H](C)c2ccc(N3CCC(C)CC3)cc2)c1. The number of carbonyl (C=O) groups is 1. The van der Waals surface area contributed by atoms with Gasteiger partial charge in [-0.2, -0.15) is 0 Å². The Labute approximate surface area is 181 Å². The van der Waals surface area contributed by atoms with E-state index in [1.807, 2.05) is 26.8 Å². The number of nitrogens with one attached hydrogen (secondary N) is 1. The van der Waals surface area contributed by atoms with Gasteiger partial charge < -0.3 is 15.0 Å². The van der Waals surface area contributed by atoms with E-state index in [9.17, 15) is 4.79 Å². The van der Waals surface area contributed by atoms with Crippen molar-refractivity contribution in [3.8, 4) is 5.75 Å². The summed E-state index contributed by atoms with van der Waals surface area (Å²) in [5.41, 5.74) is 5.76. The Morgan fingerprint density at radius 3 is 2.33 bits per heavy atom. The highest BCUT2D eigenvalue weighted by Crippen LogP contribution is 2.26. The molecule has 162 valence electrons. The summed E-state index contributed by atoms with van der Waals surface area (Å²) in [5.74, 6) is 1.51. The van der Waals surface area contributed by atoms with Crippen molar-refractivity contribution in [1.29, 1.82) is 0 Å². The number of hydrogen-bond acceptors (Lipinski definition) is 3. The number of ether oxygens (including phenoxy) is 1. The molecule has 0 aromatic heterocycles. The molecule has 1 saturated heterocycles. The van der Waals surface area contributed by atoms with Crippen LogP contribution in [0.4, 0.5) is 5.69 Å². The molecular weight excluding hydrogens is 372 g/mol. The van der Waals surface area contributed by atoms with Gasteiger partial charge in [0.05, 0.1) is 6.04 Å². The van der Waals surface area contributed by atoms with Gasteiger partial charge in [0.2, 0.25) is 0 Å². The van der Waals surface area contributed by atoms with Crippen LogP contribution in [0.5, 0.6) is 5.75 Å². The number of nitrogens with zero attached hydrogens (tertiary/aromatic N) is 1. The summed E-state index contributed by atoms with van der Waals surface area (Å²) in [5, 5.41) is 3.09. The maximum absolute atomic E-state index is 12.7. The molecule has 2 aromatic rings. The van der Waals surface area contributed by atoms with E-state index in [1.165, 1.54) is 24.1 Å². The average molecular weight is 409 g/mol. The summed E-state index contributed by atoms with van der Waals surface area (Å²) >= 11 is 0. The fourth-order valence-electron chi connectivity index (χ4n) is 4.02. The third kappa shape index (κ3) is 5.35. The molecule has 0 saturated carbocycles. The van der Waals surface area contributed by atoms with Crippen molar-refractivity contribution in [2.75, 3.05) is 18.0 Å². The average Bonchev–Trinajstić information content (AvgIpc) is 2.72. The number of rotatable bonds is 6. The smallest absolute Gasteiger partial charge is 0.261 e. The van der Waals surface area contributed by atoms with Crippen LogP contribution in [0.25, 0.3) is 0 Å². The standard InChI is InChI=1S/C26H36N2O2/c1-17-11-13-28(14-12-17)24-9-7-23(8-10-24)21(5)27-26(29)22(6)30-25-16-18(2)15-19(3)20(25)4/h7-10,15-17,21-22H,11-14H2,1-6H3,(H,27,29)/t21-,22-/m0/s1. The van der Waals surface area contributed by atoms with Gasteiger partial charge >= 0.3 is 0 Å². The van der Waals surface area contributed by atoms with E-state index in [1.54, 1.807) is 6.92 Å². The second-order valence-electron chi connectivity index (χ2n) is 8.96. The van der Waals surface area contributed by atoms with Crippen molar-refractivity contribution in [1.82, 2.24) is 5.32 Å². The maximum Gasteiger partial charge on any atom is 0.261 e. The summed E-state index contributed by atoms with van der Waals surface area (Å²) in [6, 6.07) is 12.6. The zero-order valence-corrected chi connectivity index (χ0v) is 19.3. The monoisotopic (exact) mass is 408 g/mol. The molecule has 0 unspecified atom stereocenters. The van der Waals surface area contributed by atoms with Crippen molar-refractivity contribution in [2.24, 2.45) is 5.92 Å². The second kappa shape index (κ2) is 9.55. The fourth-order valence-corrected chi connectivity index (χ4v) is 4.02. The van der Waals surface area contributed by atoms with Crippen LogP contribution in [0.15, 0.2) is 36.4 Å². The minimum absolute atomic E-state index is 0.0701. The quantitative estimate of drug-likeness (QED) is 0.687. The van der Waals surface area contributed by atoms with Gasteiger partial charge in [0.25, 0.3) is 5.91 Å². The van der Waals surface area contributed by atoms with E-state index in [4.69, 9.17) is 4.74 Å². The number of piperidine rings is 1. The van der Waals surface area contributed by atoms with Gasteiger partial charge in [0, 0.05) is 18.8 Å². The van der Waals surface area contributed by atoms with Crippen LogP contribution >= 0.6 is 0 Å². The summed E-state index contributed by atoms with van der Waals surface area (Å²) in [7, 11) is 0. The number of anilines is 1. The van der Waals surface area contributed by atoms with Gasteiger partial charge in [-0.05, 0) is 93.8 Å². The number of carbonyl (C=O) groups excluding carboxylic acids is 1. The first-order valence-corrected chi connectivity index (χ1v) is 11.1. The van der Waals surface area contributed by atoms with E-state index < -0.39 is 6.10 Å². The molecule has 1 aliphatic heterocycles. The van der Waals surface area contributed by atoms with E-state index in [0.29, 0.717) is 0 Å². The number of amides is 1. The normalized spacial score (nSPS) is 16.8. The molecule has 1 fully saturated rings. The van der Waals surface area contributed by atoms with Crippen LogP contribution < -0.4 is 15.0 Å². The molecule has 2 atom stereocenters. The Balaban J connectivity index is 1.58. The van der Waals surface area contributed by atoms with Gasteiger partial charge in [-0.15, -0.1) is 0 Å². The zero-order chi connectivity index (χ0) is 21.8. The van der Waals surface area contributed by atoms with Crippen molar-refractivity contribution >= 4 is 11.6 Å². The molecule has 4 heteroatoms. The van der Waals surface area contributed by atoms with Crippen molar-refractivity contribution < 1.29 is 9.53 Å². The predicted octanol–water partition coefficient (Wildman–Crippen LogP) is 5.49. The molecule has 1 aliphatic rings. The van der Waals surface area contributed by atoms with Gasteiger partial charge in [0.15, 0.2) is 6.10 Å². The van der Waals surface area contributed by atoms with Crippen LogP contribution in [-0.2, 0) is 4.79 Å². The summed E-state index contributed by atoms with van der Waals surface area (Å²) < 4.78 is 5.99. The molecule has 4 nitrogen and oxygen atoms in total. The molecule has 1 heterocycles. The Bertz CT molecular complexity index is 867.